The predicted molar refractivity (Wildman–Crippen MR) is 112 cm³/mol. The van der Waals surface area contributed by atoms with Crippen LogP contribution in [0, 0.1) is 6.92 Å². The van der Waals surface area contributed by atoms with Gasteiger partial charge in [-0.1, -0.05) is 11.2 Å². The highest BCUT2D eigenvalue weighted by Crippen LogP contribution is 2.13. The van der Waals surface area contributed by atoms with Crippen LogP contribution in [0.5, 0.6) is 0 Å². The number of sulfonamides is 1. The topological polar surface area (TPSA) is 108 Å². The van der Waals surface area contributed by atoms with Gasteiger partial charge in [0.15, 0.2) is 5.96 Å². The van der Waals surface area contributed by atoms with Gasteiger partial charge in [0, 0.05) is 51.2 Å². The Morgan fingerprint density at radius 3 is 2.67 bits per heavy atom. The summed E-state index contributed by atoms with van der Waals surface area (Å²) in [4.78, 5) is 11.0. The molecule has 1 aliphatic rings. The maximum absolute atomic E-state index is 12.6. The van der Waals surface area contributed by atoms with Crippen LogP contribution in [0.4, 0.5) is 0 Å². The number of nitrogens with one attached hydrogen (secondary N) is 1. The number of hydrogen-bond acceptors (Lipinski definition) is 6. The van der Waals surface area contributed by atoms with Crippen LogP contribution in [0.25, 0.3) is 5.65 Å². The Kier molecular flexibility index (Phi) is 5.73. The highest BCUT2D eigenvalue weighted by molar-refractivity contribution is 7.88. The van der Waals surface area contributed by atoms with Crippen molar-refractivity contribution in [2.75, 3.05) is 33.2 Å². The number of pyridine rings is 1. The van der Waals surface area contributed by atoms with Gasteiger partial charge in [-0.3, -0.25) is 4.99 Å². The molecule has 3 aromatic heterocycles. The first-order chi connectivity index (χ1) is 14.5. The lowest BCUT2D eigenvalue weighted by atomic mass is 10.4. The largest absolute Gasteiger partial charge is 0.364 e. The van der Waals surface area contributed by atoms with Crippen LogP contribution in [0.1, 0.15) is 17.1 Å². The molecule has 0 bridgehead atoms. The van der Waals surface area contributed by atoms with E-state index in [9.17, 15) is 8.42 Å². The van der Waals surface area contributed by atoms with Gasteiger partial charge < -0.3 is 19.1 Å². The molecule has 4 rings (SSSR count). The Labute approximate surface area is 175 Å². The van der Waals surface area contributed by atoms with Crippen molar-refractivity contribution in [1.82, 2.24) is 29.1 Å². The lowest BCUT2D eigenvalue weighted by molar-refractivity contribution is 0.259. The van der Waals surface area contributed by atoms with Gasteiger partial charge >= 0.3 is 0 Å². The molecule has 0 aliphatic carbocycles. The lowest BCUT2D eigenvalue weighted by Gasteiger charge is -2.35. The van der Waals surface area contributed by atoms with Gasteiger partial charge in [0.05, 0.1) is 17.9 Å². The van der Waals surface area contributed by atoms with Crippen LogP contribution >= 0.6 is 0 Å². The van der Waals surface area contributed by atoms with Crippen LogP contribution in [0.15, 0.2) is 46.2 Å². The van der Waals surface area contributed by atoms with Crippen LogP contribution in [-0.4, -0.2) is 71.4 Å². The van der Waals surface area contributed by atoms with E-state index in [-0.39, 0.29) is 5.75 Å². The zero-order valence-corrected chi connectivity index (χ0v) is 17.8. The van der Waals surface area contributed by atoms with Crippen molar-refractivity contribution in [3.05, 3.63) is 53.8 Å². The van der Waals surface area contributed by atoms with E-state index in [0.717, 1.165) is 23.0 Å². The van der Waals surface area contributed by atoms with Gasteiger partial charge in [-0.2, -0.15) is 4.31 Å². The first-order valence-corrected chi connectivity index (χ1v) is 11.3. The van der Waals surface area contributed by atoms with Gasteiger partial charge in [0.25, 0.3) is 0 Å². The molecule has 1 fully saturated rings. The van der Waals surface area contributed by atoms with Gasteiger partial charge in [0.2, 0.25) is 10.0 Å². The van der Waals surface area contributed by atoms with Crippen molar-refractivity contribution < 1.29 is 12.9 Å². The molecule has 1 N–H and O–H groups in total. The standard InChI is InChI=1S/C19H25N7O3S/c1-15-4-3-5-18-22-17(13-26(15)18)12-21-19(20-2)24-7-9-25(10-8-24)30(27,28)14-16-6-11-29-23-16/h3-6,11,13H,7-10,12,14H2,1-2H3,(H,20,21). The zero-order chi connectivity index (χ0) is 21.1. The first-order valence-electron chi connectivity index (χ1n) is 9.72. The summed E-state index contributed by atoms with van der Waals surface area (Å²) in [6.45, 7) is 4.49. The maximum atomic E-state index is 12.6. The molecular formula is C19H25N7O3S. The average Bonchev–Trinajstić information content (AvgIpc) is 3.39. The minimum atomic E-state index is -3.43. The summed E-state index contributed by atoms with van der Waals surface area (Å²) >= 11 is 0. The molecule has 4 heterocycles. The van der Waals surface area contributed by atoms with Gasteiger partial charge in [-0.15, -0.1) is 0 Å². The Hall–Kier alpha value is -2.92. The fourth-order valence-corrected chi connectivity index (χ4v) is 4.98. The fraction of sp³-hybridized carbons (Fsp3) is 0.421. The third-order valence-corrected chi connectivity index (χ3v) is 6.95. The summed E-state index contributed by atoms with van der Waals surface area (Å²) in [5.74, 6) is 0.585. The van der Waals surface area contributed by atoms with E-state index >= 15 is 0 Å². The van der Waals surface area contributed by atoms with Crippen LogP contribution in [-0.2, 0) is 22.3 Å². The second-order valence-corrected chi connectivity index (χ2v) is 9.13. The number of guanidine groups is 1. The normalized spacial score (nSPS) is 16.3. The number of aliphatic imine (C=N–C) groups is 1. The number of aromatic nitrogens is 3. The zero-order valence-electron chi connectivity index (χ0n) is 17.0. The number of imidazole rings is 1. The minimum Gasteiger partial charge on any atom is -0.364 e. The SMILES string of the molecule is CN=C(NCc1cn2c(C)cccc2n1)N1CCN(S(=O)(=O)Cc2ccon2)CC1. The Morgan fingerprint density at radius 2 is 2.00 bits per heavy atom. The molecule has 10 nitrogen and oxygen atoms in total. The highest BCUT2D eigenvalue weighted by Gasteiger charge is 2.29. The summed E-state index contributed by atoms with van der Waals surface area (Å²) in [6, 6.07) is 7.58. The van der Waals surface area contributed by atoms with E-state index in [0.29, 0.717) is 38.4 Å². The van der Waals surface area contributed by atoms with E-state index in [1.165, 1.54) is 10.6 Å². The monoisotopic (exact) mass is 431 g/mol. The summed E-state index contributed by atoms with van der Waals surface area (Å²) in [5, 5.41) is 7.03. The maximum Gasteiger partial charge on any atom is 0.220 e. The minimum absolute atomic E-state index is 0.149. The number of fused-ring (bicyclic) bond motifs is 1. The Balaban J connectivity index is 1.34. The molecule has 1 saturated heterocycles. The van der Waals surface area contributed by atoms with E-state index in [1.54, 1.807) is 13.1 Å². The molecule has 11 heteroatoms. The van der Waals surface area contributed by atoms with E-state index < -0.39 is 10.0 Å². The summed E-state index contributed by atoms with van der Waals surface area (Å²) in [7, 11) is -1.70. The van der Waals surface area contributed by atoms with Crippen LogP contribution in [0.3, 0.4) is 0 Å². The van der Waals surface area contributed by atoms with E-state index in [4.69, 9.17) is 4.52 Å². The Morgan fingerprint density at radius 1 is 1.20 bits per heavy atom. The molecule has 160 valence electrons. The summed E-state index contributed by atoms with van der Waals surface area (Å²) in [6.07, 6.45) is 3.39. The number of rotatable bonds is 5. The smallest absolute Gasteiger partial charge is 0.220 e. The third kappa shape index (κ3) is 4.31. The van der Waals surface area contributed by atoms with Crippen molar-refractivity contribution in [1.29, 1.82) is 0 Å². The van der Waals surface area contributed by atoms with E-state index in [2.05, 4.69) is 29.8 Å². The van der Waals surface area contributed by atoms with Crippen LogP contribution in [0.2, 0.25) is 0 Å². The molecule has 0 saturated carbocycles. The second-order valence-electron chi connectivity index (χ2n) is 7.16. The molecule has 0 aromatic carbocycles. The summed E-state index contributed by atoms with van der Waals surface area (Å²) in [5.41, 5.74) is 3.36. The molecule has 0 radical (unpaired) electrons. The van der Waals surface area contributed by atoms with Gasteiger partial charge in [-0.05, 0) is 19.1 Å². The quantitative estimate of drug-likeness (QED) is 0.471. The van der Waals surface area contributed by atoms with Crippen molar-refractivity contribution >= 4 is 21.6 Å². The molecule has 30 heavy (non-hydrogen) atoms. The van der Waals surface area contributed by atoms with Gasteiger partial charge in [0.1, 0.15) is 17.7 Å². The molecule has 0 amide bonds. The lowest BCUT2D eigenvalue weighted by Crippen LogP contribution is -2.53. The highest BCUT2D eigenvalue weighted by atomic mass is 32.2. The average molecular weight is 432 g/mol. The third-order valence-electron chi connectivity index (χ3n) is 5.14. The van der Waals surface area contributed by atoms with Crippen molar-refractivity contribution in [3.63, 3.8) is 0 Å². The predicted octanol–water partition coefficient (Wildman–Crippen LogP) is 0.854. The Bertz CT molecular complexity index is 1130. The molecule has 0 spiro atoms. The number of piperazine rings is 1. The van der Waals surface area contributed by atoms with Crippen molar-refractivity contribution in [2.24, 2.45) is 4.99 Å². The fourth-order valence-electron chi connectivity index (χ4n) is 3.55. The first kappa shape index (κ1) is 20.4. The van der Waals surface area contributed by atoms with Gasteiger partial charge in [-0.25, -0.2) is 13.4 Å². The molecule has 0 unspecified atom stereocenters. The molecular weight excluding hydrogens is 406 g/mol. The van der Waals surface area contributed by atoms with Crippen molar-refractivity contribution in [2.45, 2.75) is 19.2 Å². The number of nitrogens with zero attached hydrogens (tertiary/aromatic N) is 6. The molecule has 1 aliphatic heterocycles. The molecule has 3 aromatic rings. The van der Waals surface area contributed by atoms with Crippen LogP contribution < -0.4 is 5.32 Å². The second kappa shape index (κ2) is 8.44. The van der Waals surface area contributed by atoms with Crippen molar-refractivity contribution in [3.8, 4) is 0 Å². The number of hydrogen-bond donors (Lipinski definition) is 1. The summed E-state index contributed by atoms with van der Waals surface area (Å²) < 4.78 is 33.5. The molecule has 0 atom stereocenters. The van der Waals surface area contributed by atoms with E-state index in [1.807, 2.05) is 31.3 Å². The number of aryl methyl sites for hydroxylation is 1.